The summed E-state index contributed by atoms with van der Waals surface area (Å²) in [5, 5.41) is 0. The summed E-state index contributed by atoms with van der Waals surface area (Å²) in [4.78, 5) is 17.3. The summed E-state index contributed by atoms with van der Waals surface area (Å²) >= 11 is 3.44. The predicted molar refractivity (Wildman–Crippen MR) is 106 cm³/mol. The number of carbonyl (C=O) groups excluding carboxylic acids is 1. The molecular formula is C21H21BrN2O. The van der Waals surface area contributed by atoms with E-state index in [4.69, 9.17) is 0 Å². The Morgan fingerprint density at radius 2 is 1.80 bits per heavy atom. The number of carbonyl (C=O) groups is 1. The maximum atomic E-state index is 13.0. The average Bonchev–Trinajstić information content (AvgIpc) is 3.17. The van der Waals surface area contributed by atoms with E-state index in [0.717, 1.165) is 35.2 Å². The quantitative estimate of drug-likeness (QED) is 0.750. The minimum Gasteiger partial charge on any atom is -0.370 e. The summed E-state index contributed by atoms with van der Waals surface area (Å²) in [6, 6.07) is 14.4. The molecule has 0 unspecified atom stereocenters. The maximum absolute atomic E-state index is 13.0. The molecule has 128 valence electrons. The standard InChI is InChI=1S/C21H21BrN2O/c22-18-10-8-16(9-11-18)15-20(25)24-14-4-6-17-5-3-7-19(21(17)24)23-12-1-2-13-23/h3-5,7-11,14H,1-2,6,12-13,15H2. The molecule has 0 aliphatic carbocycles. The van der Waals surface area contributed by atoms with E-state index >= 15 is 0 Å². The number of para-hydroxylation sites is 1. The SMILES string of the molecule is O=C(Cc1ccc(Br)cc1)N1C=CCc2cccc(N3CCCC3)c21. The molecule has 1 amide bonds. The third-order valence-electron chi connectivity index (χ3n) is 4.92. The fraction of sp³-hybridized carbons (Fsp3) is 0.286. The largest absolute Gasteiger partial charge is 0.370 e. The van der Waals surface area contributed by atoms with Crippen molar-refractivity contribution >= 4 is 33.2 Å². The van der Waals surface area contributed by atoms with Crippen LogP contribution in [0.4, 0.5) is 11.4 Å². The summed E-state index contributed by atoms with van der Waals surface area (Å²) in [5.41, 5.74) is 4.54. The fourth-order valence-corrected chi connectivity index (χ4v) is 3.93. The van der Waals surface area contributed by atoms with Crippen molar-refractivity contribution in [2.75, 3.05) is 22.9 Å². The summed E-state index contributed by atoms with van der Waals surface area (Å²) < 4.78 is 1.03. The first-order valence-corrected chi connectivity index (χ1v) is 9.62. The second-order valence-electron chi connectivity index (χ2n) is 6.63. The Balaban J connectivity index is 1.65. The number of anilines is 2. The Bertz CT molecular complexity index is 807. The van der Waals surface area contributed by atoms with Gasteiger partial charge in [0.1, 0.15) is 0 Å². The summed E-state index contributed by atoms with van der Waals surface area (Å²) in [6.07, 6.45) is 7.78. The molecule has 2 aromatic rings. The molecule has 4 heteroatoms. The Morgan fingerprint density at radius 1 is 1.04 bits per heavy atom. The molecule has 2 aliphatic heterocycles. The zero-order valence-corrected chi connectivity index (χ0v) is 15.7. The van der Waals surface area contributed by atoms with E-state index < -0.39 is 0 Å². The number of halogens is 1. The van der Waals surface area contributed by atoms with Gasteiger partial charge in [-0.15, -0.1) is 0 Å². The Morgan fingerprint density at radius 3 is 2.56 bits per heavy atom. The van der Waals surface area contributed by atoms with Crippen molar-refractivity contribution in [1.29, 1.82) is 0 Å². The predicted octanol–water partition coefficient (Wildman–Crippen LogP) is 4.69. The Hall–Kier alpha value is -2.07. The average molecular weight is 397 g/mol. The van der Waals surface area contributed by atoms with Crippen LogP contribution in [0.5, 0.6) is 0 Å². The van der Waals surface area contributed by atoms with E-state index in [0.29, 0.717) is 6.42 Å². The summed E-state index contributed by atoms with van der Waals surface area (Å²) in [5.74, 6) is 0.117. The highest BCUT2D eigenvalue weighted by Crippen LogP contribution is 2.38. The third kappa shape index (κ3) is 3.36. The van der Waals surface area contributed by atoms with Crippen LogP contribution in [0.1, 0.15) is 24.0 Å². The lowest BCUT2D eigenvalue weighted by Gasteiger charge is -2.31. The number of benzene rings is 2. The highest BCUT2D eigenvalue weighted by Gasteiger charge is 2.26. The van der Waals surface area contributed by atoms with Crippen molar-refractivity contribution < 1.29 is 4.79 Å². The molecule has 0 atom stereocenters. The van der Waals surface area contributed by atoms with Crippen LogP contribution in [-0.4, -0.2) is 19.0 Å². The molecule has 2 heterocycles. The molecule has 25 heavy (non-hydrogen) atoms. The van der Waals surface area contributed by atoms with Crippen LogP contribution in [0.25, 0.3) is 0 Å². The van der Waals surface area contributed by atoms with E-state index in [-0.39, 0.29) is 5.91 Å². The molecule has 1 fully saturated rings. The van der Waals surface area contributed by atoms with Gasteiger partial charge in [0.15, 0.2) is 0 Å². The van der Waals surface area contributed by atoms with E-state index in [9.17, 15) is 4.79 Å². The van der Waals surface area contributed by atoms with Gasteiger partial charge in [-0.25, -0.2) is 0 Å². The minimum absolute atomic E-state index is 0.117. The molecular weight excluding hydrogens is 376 g/mol. The number of nitrogens with zero attached hydrogens (tertiary/aromatic N) is 2. The topological polar surface area (TPSA) is 23.6 Å². The van der Waals surface area contributed by atoms with Crippen LogP contribution >= 0.6 is 15.9 Å². The van der Waals surface area contributed by atoms with Gasteiger partial charge in [0.05, 0.1) is 17.8 Å². The van der Waals surface area contributed by atoms with Crippen molar-refractivity contribution in [2.45, 2.75) is 25.7 Å². The molecule has 2 aliphatic rings. The summed E-state index contributed by atoms with van der Waals surface area (Å²) in [7, 11) is 0. The van der Waals surface area contributed by atoms with E-state index in [1.54, 1.807) is 0 Å². The zero-order chi connectivity index (χ0) is 17.2. The lowest BCUT2D eigenvalue weighted by molar-refractivity contribution is -0.117. The molecule has 3 nitrogen and oxygen atoms in total. The first-order chi connectivity index (χ1) is 12.2. The Labute approximate surface area is 157 Å². The number of hydrogen-bond acceptors (Lipinski definition) is 2. The number of amides is 1. The van der Waals surface area contributed by atoms with Gasteiger partial charge in [0.2, 0.25) is 5.91 Å². The van der Waals surface area contributed by atoms with Gasteiger partial charge in [0, 0.05) is 23.8 Å². The van der Waals surface area contributed by atoms with Crippen LogP contribution in [0.3, 0.4) is 0 Å². The highest BCUT2D eigenvalue weighted by molar-refractivity contribution is 9.10. The number of hydrogen-bond donors (Lipinski definition) is 0. The lowest BCUT2D eigenvalue weighted by atomic mass is 10.0. The second kappa shape index (κ2) is 7.04. The van der Waals surface area contributed by atoms with Crippen LogP contribution in [0.2, 0.25) is 0 Å². The molecule has 0 saturated carbocycles. The van der Waals surface area contributed by atoms with Crippen molar-refractivity contribution in [3.8, 4) is 0 Å². The monoisotopic (exact) mass is 396 g/mol. The van der Waals surface area contributed by atoms with Crippen LogP contribution in [-0.2, 0) is 17.6 Å². The van der Waals surface area contributed by atoms with E-state index in [1.165, 1.54) is 24.1 Å². The molecule has 0 radical (unpaired) electrons. The Kier molecular flexibility index (Phi) is 4.62. The smallest absolute Gasteiger partial charge is 0.235 e. The van der Waals surface area contributed by atoms with Crippen molar-refractivity contribution in [3.63, 3.8) is 0 Å². The van der Waals surface area contributed by atoms with Gasteiger partial charge in [-0.1, -0.05) is 46.3 Å². The third-order valence-corrected chi connectivity index (χ3v) is 5.44. The molecule has 2 aromatic carbocycles. The molecule has 0 N–H and O–H groups in total. The fourth-order valence-electron chi connectivity index (χ4n) is 3.66. The van der Waals surface area contributed by atoms with Crippen LogP contribution in [0, 0.1) is 0 Å². The van der Waals surface area contributed by atoms with Gasteiger partial charge in [-0.05, 0) is 48.6 Å². The van der Waals surface area contributed by atoms with Gasteiger partial charge >= 0.3 is 0 Å². The van der Waals surface area contributed by atoms with Crippen LogP contribution in [0.15, 0.2) is 59.2 Å². The summed E-state index contributed by atoms with van der Waals surface area (Å²) in [6.45, 7) is 2.16. The van der Waals surface area contributed by atoms with Crippen LogP contribution < -0.4 is 9.80 Å². The first kappa shape index (κ1) is 16.4. The van der Waals surface area contributed by atoms with E-state index in [1.807, 2.05) is 35.4 Å². The number of fused-ring (bicyclic) bond motifs is 1. The normalized spacial score (nSPS) is 16.2. The molecule has 4 rings (SSSR count). The van der Waals surface area contributed by atoms with Crippen molar-refractivity contribution in [2.24, 2.45) is 0 Å². The van der Waals surface area contributed by atoms with Gasteiger partial charge in [-0.3, -0.25) is 9.69 Å². The second-order valence-corrected chi connectivity index (χ2v) is 7.55. The molecule has 0 aromatic heterocycles. The molecule has 1 saturated heterocycles. The number of rotatable bonds is 3. The maximum Gasteiger partial charge on any atom is 0.235 e. The molecule has 0 spiro atoms. The zero-order valence-electron chi connectivity index (χ0n) is 14.1. The van der Waals surface area contributed by atoms with Gasteiger partial charge < -0.3 is 4.90 Å². The van der Waals surface area contributed by atoms with E-state index in [2.05, 4.69) is 45.1 Å². The highest BCUT2D eigenvalue weighted by atomic mass is 79.9. The minimum atomic E-state index is 0.117. The van der Waals surface area contributed by atoms with Gasteiger partial charge in [-0.2, -0.15) is 0 Å². The number of allylic oxidation sites excluding steroid dienone is 1. The molecule has 0 bridgehead atoms. The first-order valence-electron chi connectivity index (χ1n) is 8.82. The van der Waals surface area contributed by atoms with Gasteiger partial charge in [0.25, 0.3) is 0 Å². The van der Waals surface area contributed by atoms with Crippen molar-refractivity contribution in [3.05, 3.63) is 70.3 Å². The lowest BCUT2D eigenvalue weighted by Crippen LogP contribution is -2.32. The van der Waals surface area contributed by atoms with Crippen molar-refractivity contribution in [1.82, 2.24) is 0 Å².